The summed E-state index contributed by atoms with van der Waals surface area (Å²) in [5.74, 6) is 0.423. The molecule has 0 radical (unpaired) electrons. The van der Waals surface area contributed by atoms with Gasteiger partial charge < -0.3 is 20.5 Å². The monoisotopic (exact) mass is 263 g/mol. The lowest BCUT2D eigenvalue weighted by molar-refractivity contribution is 0.291. The molecule has 1 heterocycles. The van der Waals surface area contributed by atoms with Crippen LogP contribution in [0.15, 0.2) is 22.7 Å². The SMILES string of the molecule is CCC(C)(CN)c1nc(-c2ccc(O)c(O)c2)no1. The zero-order valence-corrected chi connectivity index (χ0v) is 10.9. The first kappa shape index (κ1) is 13.4. The topological polar surface area (TPSA) is 105 Å². The van der Waals surface area contributed by atoms with Crippen molar-refractivity contribution in [1.29, 1.82) is 0 Å². The highest BCUT2D eigenvalue weighted by Crippen LogP contribution is 2.31. The number of phenols is 2. The smallest absolute Gasteiger partial charge is 0.234 e. The minimum atomic E-state index is -0.357. The van der Waals surface area contributed by atoms with Crippen molar-refractivity contribution in [2.75, 3.05) is 6.54 Å². The van der Waals surface area contributed by atoms with Crippen molar-refractivity contribution in [3.05, 3.63) is 24.1 Å². The molecule has 0 fully saturated rings. The van der Waals surface area contributed by atoms with Gasteiger partial charge in [0, 0.05) is 12.1 Å². The van der Waals surface area contributed by atoms with Gasteiger partial charge in [-0.2, -0.15) is 4.98 Å². The molecule has 0 amide bonds. The molecule has 6 nitrogen and oxygen atoms in total. The standard InChI is InChI=1S/C13H17N3O3/c1-3-13(2,7-14)12-15-11(16-19-12)8-4-5-9(17)10(18)6-8/h4-6,17-18H,3,7,14H2,1-2H3. The van der Waals surface area contributed by atoms with Crippen molar-refractivity contribution in [1.82, 2.24) is 10.1 Å². The largest absolute Gasteiger partial charge is 0.504 e. The molecule has 1 atom stereocenters. The molecule has 102 valence electrons. The van der Waals surface area contributed by atoms with Gasteiger partial charge >= 0.3 is 0 Å². The summed E-state index contributed by atoms with van der Waals surface area (Å²) in [6.07, 6.45) is 0.784. The summed E-state index contributed by atoms with van der Waals surface area (Å²) < 4.78 is 5.25. The normalized spacial score (nSPS) is 14.3. The molecule has 19 heavy (non-hydrogen) atoms. The molecule has 0 saturated heterocycles. The van der Waals surface area contributed by atoms with Crippen LogP contribution in [0.4, 0.5) is 0 Å². The molecule has 4 N–H and O–H groups in total. The number of nitrogens with two attached hydrogens (primary N) is 1. The minimum Gasteiger partial charge on any atom is -0.504 e. The van der Waals surface area contributed by atoms with Crippen LogP contribution < -0.4 is 5.73 Å². The lowest BCUT2D eigenvalue weighted by Crippen LogP contribution is -2.31. The quantitative estimate of drug-likeness (QED) is 0.726. The molecule has 0 saturated carbocycles. The minimum absolute atomic E-state index is 0.187. The Morgan fingerprint density at radius 1 is 1.32 bits per heavy atom. The molecular weight excluding hydrogens is 246 g/mol. The van der Waals surface area contributed by atoms with Gasteiger partial charge in [-0.15, -0.1) is 0 Å². The molecular formula is C13H17N3O3. The molecule has 6 heteroatoms. The van der Waals surface area contributed by atoms with Crippen LogP contribution in [0.5, 0.6) is 11.5 Å². The highest BCUT2D eigenvalue weighted by atomic mass is 16.5. The van der Waals surface area contributed by atoms with Gasteiger partial charge in [0.2, 0.25) is 11.7 Å². The predicted octanol–water partition coefficient (Wildman–Crippen LogP) is 1.77. The van der Waals surface area contributed by atoms with Crippen LogP contribution in [-0.4, -0.2) is 26.9 Å². The lowest BCUT2D eigenvalue weighted by Gasteiger charge is -2.20. The summed E-state index contributed by atoms with van der Waals surface area (Å²) in [6, 6.07) is 4.37. The first-order valence-electron chi connectivity index (χ1n) is 6.07. The molecule has 0 aliphatic rings. The average Bonchev–Trinajstić information content (AvgIpc) is 2.91. The van der Waals surface area contributed by atoms with E-state index in [1.807, 2.05) is 13.8 Å². The van der Waals surface area contributed by atoms with E-state index in [0.717, 1.165) is 6.42 Å². The number of rotatable bonds is 4. The van der Waals surface area contributed by atoms with Gasteiger partial charge in [-0.3, -0.25) is 0 Å². The van der Waals surface area contributed by atoms with Crippen LogP contribution >= 0.6 is 0 Å². The first-order chi connectivity index (χ1) is 9.00. The Morgan fingerprint density at radius 2 is 2.05 bits per heavy atom. The Kier molecular flexibility index (Phi) is 3.44. The van der Waals surface area contributed by atoms with E-state index >= 15 is 0 Å². The maximum atomic E-state index is 9.46. The molecule has 2 aromatic rings. The number of hydrogen-bond acceptors (Lipinski definition) is 6. The predicted molar refractivity (Wildman–Crippen MR) is 69.8 cm³/mol. The van der Waals surface area contributed by atoms with Crippen molar-refractivity contribution in [3.8, 4) is 22.9 Å². The Hall–Kier alpha value is -2.08. The molecule has 1 unspecified atom stereocenters. The fraction of sp³-hybridized carbons (Fsp3) is 0.385. The maximum absolute atomic E-state index is 9.46. The highest BCUT2D eigenvalue weighted by molar-refractivity contribution is 5.60. The van der Waals surface area contributed by atoms with Crippen LogP contribution in [-0.2, 0) is 5.41 Å². The molecule has 1 aromatic heterocycles. The van der Waals surface area contributed by atoms with Crippen molar-refractivity contribution in [2.45, 2.75) is 25.7 Å². The van der Waals surface area contributed by atoms with Crippen LogP contribution in [0.25, 0.3) is 11.4 Å². The Balaban J connectivity index is 2.38. The summed E-state index contributed by atoms with van der Waals surface area (Å²) in [5, 5.41) is 22.6. The second-order valence-corrected chi connectivity index (χ2v) is 4.74. The highest BCUT2D eigenvalue weighted by Gasteiger charge is 2.29. The molecule has 1 aromatic carbocycles. The van der Waals surface area contributed by atoms with E-state index in [1.54, 1.807) is 6.07 Å². The zero-order chi connectivity index (χ0) is 14.0. The van der Waals surface area contributed by atoms with Crippen molar-refractivity contribution in [2.24, 2.45) is 5.73 Å². The van der Waals surface area contributed by atoms with E-state index in [9.17, 15) is 10.2 Å². The summed E-state index contributed by atoms with van der Waals surface area (Å²) in [7, 11) is 0. The van der Waals surface area contributed by atoms with Crippen molar-refractivity contribution in [3.63, 3.8) is 0 Å². The number of nitrogens with zero attached hydrogens (tertiary/aromatic N) is 2. The third-order valence-corrected chi connectivity index (χ3v) is 3.41. The molecule has 2 rings (SSSR count). The Labute approximate surface area is 110 Å². The number of aromatic hydroxyl groups is 2. The van der Waals surface area contributed by atoms with E-state index in [4.69, 9.17) is 10.3 Å². The van der Waals surface area contributed by atoms with E-state index in [1.165, 1.54) is 12.1 Å². The van der Waals surface area contributed by atoms with Crippen LogP contribution in [0.1, 0.15) is 26.2 Å². The first-order valence-corrected chi connectivity index (χ1v) is 6.07. The number of benzene rings is 1. The van der Waals surface area contributed by atoms with Crippen molar-refractivity contribution < 1.29 is 14.7 Å². The molecule has 0 spiro atoms. The van der Waals surface area contributed by atoms with Gasteiger partial charge in [0.15, 0.2) is 11.5 Å². The molecule has 0 aliphatic heterocycles. The second-order valence-electron chi connectivity index (χ2n) is 4.74. The number of hydrogen-bond donors (Lipinski definition) is 3. The molecule has 0 aliphatic carbocycles. The fourth-order valence-corrected chi connectivity index (χ4v) is 1.63. The van der Waals surface area contributed by atoms with E-state index in [2.05, 4.69) is 10.1 Å². The maximum Gasteiger partial charge on any atom is 0.234 e. The average molecular weight is 263 g/mol. The van der Waals surface area contributed by atoms with Gasteiger partial charge in [0.05, 0.1) is 5.41 Å². The van der Waals surface area contributed by atoms with E-state index in [-0.39, 0.29) is 16.9 Å². The van der Waals surface area contributed by atoms with Gasteiger partial charge in [0.25, 0.3) is 0 Å². The van der Waals surface area contributed by atoms with Crippen LogP contribution in [0.2, 0.25) is 0 Å². The van der Waals surface area contributed by atoms with Crippen molar-refractivity contribution >= 4 is 0 Å². The summed E-state index contributed by atoms with van der Waals surface area (Å²) in [6.45, 7) is 4.37. The summed E-state index contributed by atoms with van der Waals surface area (Å²) in [4.78, 5) is 4.31. The zero-order valence-electron chi connectivity index (χ0n) is 10.9. The van der Waals surface area contributed by atoms with Gasteiger partial charge in [0.1, 0.15) is 0 Å². The third kappa shape index (κ3) is 2.39. The Bertz CT molecular complexity index is 576. The van der Waals surface area contributed by atoms with Crippen LogP contribution in [0.3, 0.4) is 0 Å². The van der Waals surface area contributed by atoms with E-state index < -0.39 is 0 Å². The molecule has 0 bridgehead atoms. The second kappa shape index (κ2) is 4.89. The summed E-state index contributed by atoms with van der Waals surface area (Å²) in [5.41, 5.74) is 5.95. The number of phenolic OH excluding ortho intramolecular Hbond substituents is 2. The van der Waals surface area contributed by atoms with E-state index in [0.29, 0.717) is 23.8 Å². The third-order valence-electron chi connectivity index (χ3n) is 3.41. The lowest BCUT2D eigenvalue weighted by atomic mass is 9.88. The van der Waals surface area contributed by atoms with Crippen LogP contribution in [0, 0.1) is 0 Å². The van der Waals surface area contributed by atoms with Gasteiger partial charge in [-0.25, -0.2) is 0 Å². The van der Waals surface area contributed by atoms with Gasteiger partial charge in [-0.1, -0.05) is 12.1 Å². The van der Waals surface area contributed by atoms with Gasteiger partial charge in [-0.05, 0) is 31.5 Å². The number of aromatic nitrogens is 2. The summed E-state index contributed by atoms with van der Waals surface area (Å²) >= 11 is 0. The fourth-order valence-electron chi connectivity index (χ4n) is 1.63. The Morgan fingerprint density at radius 3 is 2.63 bits per heavy atom.